The van der Waals surface area contributed by atoms with E-state index in [1.54, 1.807) is 39.0 Å². The third kappa shape index (κ3) is 3.63. The highest BCUT2D eigenvalue weighted by atomic mass is 79.9. The van der Waals surface area contributed by atoms with Crippen LogP contribution in [-0.2, 0) is 9.53 Å². The van der Waals surface area contributed by atoms with Crippen molar-refractivity contribution >= 4 is 28.0 Å². The molecule has 0 aliphatic carbocycles. The molecule has 1 aliphatic heterocycles. The topological polar surface area (TPSA) is 35.5 Å². The Bertz CT molecular complexity index is 630. The quantitative estimate of drug-likeness (QED) is 0.675. The summed E-state index contributed by atoms with van der Waals surface area (Å²) in [4.78, 5) is 12.1. The number of fused-ring (bicyclic) bond motifs is 1. The van der Waals surface area contributed by atoms with Crippen molar-refractivity contribution in [2.24, 2.45) is 0 Å². The number of hydrogen-bond acceptors (Lipinski definition) is 3. The predicted octanol–water partition coefficient (Wildman–Crippen LogP) is 4.50. The summed E-state index contributed by atoms with van der Waals surface area (Å²) >= 11 is 3.14. The lowest BCUT2D eigenvalue weighted by Crippen LogP contribution is -2.42. The fraction of sp³-hybridized carbons (Fsp3) is 0.400. The maximum Gasteiger partial charge on any atom is 0.430 e. The van der Waals surface area contributed by atoms with Crippen LogP contribution in [0.1, 0.15) is 26.3 Å². The van der Waals surface area contributed by atoms with Crippen LogP contribution in [0.25, 0.3) is 6.08 Å². The van der Waals surface area contributed by atoms with Gasteiger partial charge in [-0.05, 0) is 48.8 Å². The normalized spacial score (nSPS) is 18.1. The summed E-state index contributed by atoms with van der Waals surface area (Å²) < 4.78 is 50.1. The molecule has 120 valence electrons. The number of rotatable bonds is 1. The van der Waals surface area contributed by atoms with E-state index in [4.69, 9.17) is 9.47 Å². The van der Waals surface area contributed by atoms with Crippen LogP contribution in [0.5, 0.6) is 5.75 Å². The van der Waals surface area contributed by atoms with Gasteiger partial charge in [-0.1, -0.05) is 12.1 Å². The van der Waals surface area contributed by atoms with Crippen molar-refractivity contribution in [1.82, 2.24) is 0 Å². The number of hydrogen-bond donors (Lipinski definition) is 0. The highest BCUT2D eigenvalue weighted by Crippen LogP contribution is 2.41. The smallest absolute Gasteiger partial charge is 0.430 e. The molecule has 1 aromatic rings. The van der Waals surface area contributed by atoms with E-state index in [1.807, 2.05) is 0 Å². The molecule has 3 nitrogen and oxygen atoms in total. The van der Waals surface area contributed by atoms with E-state index in [0.29, 0.717) is 10.0 Å². The number of benzene rings is 1. The monoisotopic (exact) mass is 378 g/mol. The lowest BCUT2D eigenvalue weighted by molar-refractivity contribution is -0.190. The molecule has 1 unspecified atom stereocenters. The Labute approximate surface area is 134 Å². The van der Waals surface area contributed by atoms with Gasteiger partial charge in [-0.25, -0.2) is 4.79 Å². The van der Waals surface area contributed by atoms with E-state index in [1.165, 1.54) is 0 Å². The number of esters is 1. The SMILES string of the molecule is CC(C)(C)OC(=O)C1=Cc2cccc(Br)c2OC1C(F)(F)F. The van der Waals surface area contributed by atoms with Crippen LogP contribution in [-0.4, -0.2) is 23.9 Å². The lowest BCUT2D eigenvalue weighted by Gasteiger charge is -2.30. The van der Waals surface area contributed by atoms with Gasteiger partial charge in [-0.2, -0.15) is 13.2 Å². The molecule has 0 spiro atoms. The van der Waals surface area contributed by atoms with Crippen molar-refractivity contribution < 1.29 is 27.4 Å². The van der Waals surface area contributed by atoms with Crippen molar-refractivity contribution in [2.45, 2.75) is 38.7 Å². The average Bonchev–Trinajstić information content (AvgIpc) is 2.34. The molecule has 0 N–H and O–H groups in total. The van der Waals surface area contributed by atoms with Gasteiger partial charge in [0.1, 0.15) is 11.4 Å². The van der Waals surface area contributed by atoms with Crippen molar-refractivity contribution in [3.8, 4) is 5.75 Å². The summed E-state index contributed by atoms with van der Waals surface area (Å²) in [6.45, 7) is 4.76. The minimum atomic E-state index is -4.73. The van der Waals surface area contributed by atoms with Crippen molar-refractivity contribution in [2.75, 3.05) is 0 Å². The molecular weight excluding hydrogens is 365 g/mol. The van der Waals surface area contributed by atoms with E-state index < -0.39 is 29.4 Å². The number of alkyl halides is 3. The van der Waals surface area contributed by atoms with Gasteiger partial charge in [0.15, 0.2) is 0 Å². The Kier molecular flexibility index (Phi) is 4.30. The van der Waals surface area contributed by atoms with Crippen LogP contribution >= 0.6 is 15.9 Å². The molecule has 0 fully saturated rings. The summed E-state index contributed by atoms with van der Waals surface area (Å²) in [5.41, 5.74) is -1.07. The molecule has 0 bridgehead atoms. The number of carbonyl (C=O) groups excluding carboxylic acids is 1. The zero-order chi connectivity index (χ0) is 16.7. The van der Waals surface area contributed by atoms with Crippen LogP contribution < -0.4 is 4.74 Å². The van der Waals surface area contributed by atoms with Gasteiger partial charge in [-0.3, -0.25) is 0 Å². The van der Waals surface area contributed by atoms with Gasteiger partial charge in [0, 0.05) is 5.56 Å². The first-order chi connectivity index (χ1) is 9.99. The van der Waals surface area contributed by atoms with Gasteiger partial charge in [0.25, 0.3) is 0 Å². The third-order valence-electron chi connectivity index (χ3n) is 2.76. The van der Waals surface area contributed by atoms with Gasteiger partial charge < -0.3 is 9.47 Å². The molecule has 1 heterocycles. The van der Waals surface area contributed by atoms with E-state index in [-0.39, 0.29) is 5.75 Å². The van der Waals surface area contributed by atoms with Gasteiger partial charge >= 0.3 is 12.1 Å². The van der Waals surface area contributed by atoms with Crippen molar-refractivity contribution in [3.05, 3.63) is 33.8 Å². The van der Waals surface area contributed by atoms with E-state index >= 15 is 0 Å². The molecule has 0 amide bonds. The number of carbonyl (C=O) groups is 1. The van der Waals surface area contributed by atoms with Gasteiger partial charge in [-0.15, -0.1) is 0 Å². The fourth-order valence-corrected chi connectivity index (χ4v) is 2.41. The largest absolute Gasteiger partial charge is 0.474 e. The second-order valence-corrected chi connectivity index (χ2v) is 6.65. The number of para-hydroxylation sites is 1. The molecular formula is C15H14BrF3O3. The zero-order valence-electron chi connectivity index (χ0n) is 12.1. The molecule has 0 saturated heterocycles. The van der Waals surface area contributed by atoms with Crippen LogP contribution in [0, 0.1) is 0 Å². The average molecular weight is 379 g/mol. The van der Waals surface area contributed by atoms with Crippen molar-refractivity contribution in [1.29, 1.82) is 0 Å². The molecule has 0 radical (unpaired) electrons. The second kappa shape index (κ2) is 5.61. The Morgan fingerprint density at radius 1 is 1.27 bits per heavy atom. The van der Waals surface area contributed by atoms with Gasteiger partial charge in [0.2, 0.25) is 6.10 Å². The summed E-state index contributed by atoms with van der Waals surface area (Å²) in [5.74, 6) is -0.988. The van der Waals surface area contributed by atoms with Gasteiger partial charge in [0.05, 0.1) is 10.0 Å². The molecule has 1 aliphatic rings. The maximum absolute atomic E-state index is 13.2. The summed E-state index contributed by atoms with van der Waals surface area (Å²) in [6, 6.07) is 4.78. The maximum atomic E-state index is 13.2. The summed E-state index contributed by atoms with van der Waals surface area (Å²) in [6.07, 6.45) is -5.92. The van der Waals surface area contributed by atoms with E-state index in [0.717, 1.165) is 6.08 Å². The lowest BCUT2D eigenvalue weighted by atomic mass is 10.0. The minimum Gasteiger partial charge on any atom is -0.474 e. The molecule has 0 aromatic heterocycles. The summed E-state index contributed by atoms with van der Waals surface area (Å²) in [5, 5.41) is 0. The van der Waals surface area contributed by atoms with E-state index in [9.17, 15) is 18.0 Å². The fourth-order valence-electron chi connectivity index (χ4n) is 1.93. The first-order valence-electron chi connectivity index (χ1n) is 6.46. The van der Waals surface area contributed by atoms with Crippen molar-refractivity contribution in [3.63, 3.8) is 0 Å². The number of ether oxygens (including phenoxy) is 2. The van der Waals surface area contributed by atoms with Crippen LogP contribution in [0.3, 0.4) is 0 Å². The van der Waals surface area contributed by atoms with E-state index in [2.05, 4.69) is 15.9 Å². The first-order valence-corrected chi connectivity index (χ1v) is 7.25. The predicted molar refractivity (Wildman–Crippen MR) is 78.4 cm³/mol. The van der Waals surface area contributed by atoms with Crippen LogP contribution in [0.4, 0.5) is 13.2 Å². The number of halogens is 4. The Morgan fingerprint density at radius 2 is 1.91 bits per heavy atom. The van der Waals surface area contributed by atoms with Crippen LogP contribution in [0.15, 0.2) is 28.2 Å². The molecule has 0 saturated carbocycles. The minimum absolute atomic E-state index is 0.0529. The Morgan fingerprint density at radius 3 is 2.45 bits per heavy atom. The standard InChI is InChI=1S/C15H14BrF3O3/c1-14(2,3)22-13(20)9-7-8-5-4-6-10(16)11(8)21-12(9)15(17,18)19/h4-7,12H,1-3H3. The zero-order valence-corrected chi connectivity index (χ0v) is 13.7. The second-order valence-electron chi connectivity index (χ2n) is 5.80. The molecule has 1 aromatic carbocycles. The first kappa shape index (κ1) is 16.9. The Balaban J connectivity index is 2.49. The highest BCUT2D eigenvalue weighted by Gasteiger charge is 2.49. The third-order valence-corrected chi connectivity index (χ3v) is 3.38. The highest BCUT2D eigenvalue weighted by molar-refractivity contribution is 9.10. The molecule has 2 rings (SSSR count). The van der Waals surface area contributed by atoms with Crippen LogP contribution in [0.2, 0.25) is 0 Å². The molecule has 22 heavy (non-hydrogen) atoms. The molecule has 1 atom stereocenters. The summed E-state index contributed by atoms with van der Waals surface area (Å²) in [7, 11) is 0. The Hall–Kier alpha value is -1.50. The molecule has 7 heteroatoms.